The molecule has 5 nitrogen and oxygen atoms in total. The van der Waals surface area contributed by atoms with Gasteiger partial charge in [-0.15, -0.1) is 0 Å². The third-order valence-corrected chi connectivity index (χ3v) is 9.52. The van der Waals surface area contributed by atoms with Gasteiger partial charge in [0, 0.05) is 45.7 Å². The molecule has 220 valence electrons. The molecule has 0 amide bonds. The number of fused-ring (bicyclic) bond motifs is 1. The number of aromatic amines is 1. The molecule has 2 aromatic carbocycles. The molecule has 3 heterocycles. The summed E-state index contributed by atoms with van der Waals surface area (Å²) < 4.78 is 21.0. The summed E-state index contributed by atoms with van der Waals surface area (Å²) in [5.41, 5.74) is 14.5. The number of benzene rings is 2. The minimum Gasteiger partial charge on any atom is -0.493 e. The van der Waals surface area contributed by atoms with Gasteiger partial charge in [0.05, 0.1) is 18.3 Å². The summed E-state index contributed by atoms with van der Waals surface area (Å²) in [5, 5.41) is 4.44. The van der Waals surface area contributed by atoms with Gasteiger partial charge in [0.25, 0.3) is 0 Å². The van der Waals surface area contributed by atoms with Crippen molar-refractivity contribution < 1.29 is 9.13 Å². The van der Waals surface area contributed by atoms with Crippen LogP contribution in [0.25, 0.3) is 27.6 Å². The number of H-pyrrole nitrogens is 1. The monoisotopic (exact) mass is 566 g/mol. The van der Waals surface area contributed by atoms with Gasteiger partial charge in [0.15, 0.2) is 0 Å². The first-order valence-corrected chi connectivity index (χ1v) is 15.6. The molecule has 2 fully saturated rings. The van der Waals surface area contributed by atoms with Gasteiger partial charge in [-0.25, -0.2) is 4.39 Å². The van der Waals surface area contributed by atoms with E-state index >= 15 is 0 Å². The Morgan fingerprint density at radius 2 is 1.88 bits per heavy atom. The molecule has 4 N–H and O–H groups in total. The van der Waals surface area contributed by atoms with E-state index in [1.165, 1.54) is 43.7 Å². The van der Waals surface area contributed by atoms with E-state index < -0.39 is 0 Å². The number of hydrogen-bond acceptors (Lipinski definition) is 4. The Morgan fingerprint density at radius 3 is 2.67 bits per heavy atom. The average Bonchev–Trinajstić information content (AvgIpc) is 3.43. The fourth-order valence-corrected chi connectivity index (χ4v) is 6.97. The second-order valence-electron chi connectivity index (χ2n) is 12.6. The van der Waals surface area contributed by atoms with E-state index in [1.807, 2.05) is 31.5 Å². The Morgan fingerprint density at radius 1 is 1.07 bits per heavy atom. The summed E-state index contributed by atoms with van der Waals surface area (Å²) in [7, 11) is 0. The number of allylic oxidation sites excluding steroid dienone is 1. The quantitative estimate of drug-likeness (QED) is 0.187. The van der Waals surface area contributed by atoms with Crippen molar-refractivity contribution in [2.45, 2.75) is 71.1 Å². The summed E-state index contributed by atoms with van der Waals surface area (Å²) in [4.78, 5) is 8.06. The number of aromatic nitrogens is 2. The molecule has 2 aromatic heterocycles. The molecule has 6 heteroatoms. The van der Waals surface area contributed by atoms with Gasteiger partial charge >= 0.3 is 0 Å². The van der Waals surface area contributed by atoms with Crippen LogP contribution >= 0.6 is 0 Å². The predicted octanol–water partition coefficient (Wildman–Crippen LogP) is 8.61. The highest BCUT2D eigenvalue weighted by Crippen LogP contribution is 2.40. The van der Waals surface area contributed by atoms with E-state index in [1.54, 1.807) is 6.07 Å². The molecule has 1 aliphatic heterocycles. The number of halogens is 1. The molecule has 6 rings (SSSR count). The number of rotatable bonds is 8. The van der Waals surface area contributed by atoms with Crippen molar-refractivity contribution in [2.24, 2.45) is 5.41 Å². The lowest BCUT2D eigenvalue weighted by Crippen LogP contribution is -2.26. The van der Waals surface area contributed by atoms with Crippen LogP contribution in [0.15, 0.2) is 60.9 Å². The standard InChI is InChI=1S/C36H43FN4O/c1-3-29(30-19-25(7-8-33(30)38)24-9-14-39-15-10-24)34-21-31-32(22-40-23-35(31)41-34)26-17-27(37)20-28(18-26)42-16-13-36(2)11-5-4-6-12-36/h3,7-8,17-24,39,41H,4-6,9-16,38H2,1-2H3/b29-3+. The van der Waals surface area contributed by atoms with Crippen LogP contribution in [0.5, 0.6) is 5.75 Å². The molecule has 0 radical (unpaired) electrons. The maximum absolute atomic E-state index is 14.9. The number of nitrogens with two attached hydrogens (primary N) is 1. The van der Waals surface area contributed by atoms with Gasteiger partial charge in [-0.05, 0) is 105 Å². The fraction of sp³-hybridized carbons (Fsp3) is 0.417. The molecule has 1 aliphatic carbocycles. The van der Waals surface area contributed by atoms with E-state index in [2.05, 4.69) is 46.5 Å². The first-order valence-electron chi connectivity index (χ1n) is 15.6. The Bertz CT molecular complexity index is 1580. The van der Waals surface area contributed by atoms with E-state index in [-0.39, 0.29) is 5.82 Å². The largest absolute Gasteiger partial charge is 0.493 e. The van der Waals surface area contributed by atoms with Crippen LogP contribution in [-0.4, -0.2) is 29.7 Å². The molecule has 4 aromatic rings. The second kappa shape index (κ2) is 12.3. The van der Waals surface area contributed by atoms with Crippen molar-refractivity contribution in [3.63, 3.8) is 0 Å². The van der Waals surface area contributed by atoms with Crippen molar-refractivity contribution in [2.75, 3.05) is 25.4 Å². The van der Waals surface area contributed by atoms with E-state index in [0.717, 1.165) is 76.9 Å². The van der Waals surface area contributed by atoms with Crippen LogP contribution in [0.4, 0.5) is 10.1 Å². The van der Waals surface area contributed by atoms with Crippen LogP contribution in [0.3, 0.4) is 0 Å². The SMILES string of the molecule is C/C=C(/c1cc2c(-c3cc(F)cc(OCCC4(C)CCCCC4)c3)cncc2[nH]1)c1cc(C2CCNCC2)ccc1N. The molecule has 1 saturated carbocycles. The lowest BCUT2D eigenvalue weighted by molar-refractivity contribution is 0.157. The number of piperidine rings is 1. The van der Waals surface area contributed by atoms with Crippen molar-refractivity contribution in [3.8, 4) is 16.9 Å². The minimum atomic E-state index is -0.309. The number of ether oxygens (including phenoxy) is 1. The lowest BCUT2D eigenvalue weighted by Gasteiger charge is -2.33. The van der Waals surface area contributed by atoms with E-state index in [9.17, 15) is 4.39 Å². The molecule has 42 heavy (non-hydrogen) atoms. The first-order chi connectivity index (χ1) is 20.4. The zero-order chi connectivity index (χ0) is 29.1. The Kier molecular flexibility index (Phi) is 8.34. The zero-order valence-electron chi connectivity index (χ0n) is 24.9. The van der Waals surface area contributed by atoms with Gasteiger partial charge in [-0.3, -0.25) is 4.98 Å². The highest BCUT2D eigenvalue weighted by molar-refractivity contribution is 5.98. The number of hydrogen-bond donors (Lipinski definition) is 3. The number of pyridine rings is 1. The zero-order valence-corrected chi connectivity index (χ0v) is 24.9. The van der Waals surface area contributed by atoms with Gasteiger partial charge in [-0.2, -0.15) is 0 Å². The van der Waals surface area contributed by atoms with Crippen LogP contribution in [0, 0.1) is 11.2 Å². The normalized spacial score (nSPS) is 17.9. The molecule has 2 aliphatic rings. The van der Waals surface area contributed by atoms with Crippen molar-refractivity contribution in [1.82, 2.24) is 15.3 Å². The lowest BCUT2D eigenvalue weighted by atomic mass is 9.74. The van der Waals surface area contributed by atoms with Crippen LogP contribution in [0.2, 0.25) is 0 Å². The highest BCUT2D eigenvalue weighted by atomic mass is 19.1. The van der Waals surface area contributed by atoms with Gasteiger partial charge in [-0.1, -0.05) is 38.3 Å². The third-order valence-electron chi connectivity index (χ3n) is 9.52. The molecular weight excluding hydrogens is 523 g/mol. The summed E-state index contributed by atoms with van der Waals surface area (Å²) >= 11 is 0. The van der Waals surface area contributed by atoms with Crippen molar-refractivity contribution in [3.05, 3.63) is 83.6 Å². The number of nitrogens with one attached hydrogen (secondary N) is 2. The van der Waals surface area contributed by atoms with Gasteiger partial charge in [0.1, 0.15) is 11.6 Å². The van der Waals surface area contributed by atoms with Crippen LogP contribution in [0.1, 0.15) is 88.0 Å². The maximum atomic E-state index is 14.9. The van der Waals surface area contributed by atoms with Crippen molar-refractivity contribution >= 4 is 22.2 Å². The smallest absolute Gasteiger partial charge is 0.127 e. The minimum absolute atomic E-state index is 0.309. The van der Waals surface area contributed by atoms with Crippen LogP contribution < -0.4 is 15.8 Å². The number of nitrogen functional groups attached to an aromatic ring is 1. The Hall–Kier alpha value is -3.64. The molecular formula is C36H43FN4O. The van der Waals surface area contributed by atoms with Gasteiger partial charge in [0.2, 0.25) is 0 Å². The Labute approximate surface area is 248 Å². The molecule has 0 bridgehead atoms. The number of anilines is 1. The maximum Gasteiger partial charge on any atom is 0.127 e. The summed E-state index contributed by atoms with van der Waals surface area (Å²) in [6.45, 7) is 7.09. The third kappa shape index (κ3) is 6.10. The molecule has 0 spiro atoms. The fourth-order valence-electron chi connectivity index (χ4n) is 6.97. The predicted molar refractivity (Wildman–Crippen MR) is 171 cm³/mol. The highest BCUT2D eigenvalue weighted by Gasteiger charge is 2.26. The molecule has 0 unspecified atom stereocenters. The van der Waals surface area contributed by atoms with Crippen LogP contribution in [-0.2, 0) is 0 Å². The van der Waals surface area contributed by atoms with E-state index in [4.69, 9.17) is 10.5 Å². The summed E-state index contributed by atoms with van der Waals surface area (Å²) in [6.07, 6.45) is 15.4. The average molecular weight is 567 g/mol. The number of nitrogens with zero attached hydrogens (tertiary/aromatic N) is 1. The van der Waals surface area contributed by atoms with Gasteiger partial charge < -0.3 is 20.8 Å². The van der Waals surface area contributed by atoms with E-state index in [0.29, 0.717) is 23.7 Å². The summed E-state index contributed by atoms with van der Waals surface area (Å²) in [5.74, 6) is 0.793. The molecule has 1 saturated heterocycles. The second-order valence-corrected chi connectivity index (χ2v) is 12.6. The molecule has 0 atom stereocenters. The first kappa shape index (κ1) is 28.5. The summed E-state index contributed by atoms with van der Waals surface area (Å²) in [6, 6.07) is 13.6. The van der Waals surface area contributed by atoms with Crippen molar-refractivity contribution in [1.29, 1.82) is 0 Å². The Balaban J connectivity index is 1.28. The topological polar surface area (TPSA) is 76.0 Å².